The van der Waals surface area contributed by atoms with Crippen LogP contribution in [0.3, 0.4) is 0 Å². The van der Waals surface area contributed by atoms with E-state index in [9.17, 15) is 13.2 Å². The highest BCUT2D eigenvalue weighted by Crippen LogP contribution is 2.33. The van der Waals surface area contributed by atoms with Crippen molar-refractivity contribution in [3.63, 3.8) is 0 Å². The lowest BCUT2D eigenvalue weighted by atomic mass is 10.2. The molecular weight excluding hydrogens is 292 g/mol. The first-order valence-corrected chi connectivity index (χ1v) is 8.32. The van der Waals surface area contributed by atoms with Crippen molar-refractivity contribution in [2.24, 2.45) is 5.92 Å². The molecule has 1 aliphatic rings. The van der Waals surface area contributed by atoms with E-state index >= 15 is 0 Å². The molecule has 0 radical (unpaired) electrons. The summed E-state index contributed by atoms with van der Waals surface area (Å²) in [5.41, 5.74) is 6.02. The number of sulfonamides is 1. The Morgan fingerprint density at radius 1 is 1.48 bits per heavy atom. The number of hydrogen-bond donors (Lipinski definition) is 2. The maximum Gasteiger partial charge on any atom is 0.337 e. The predicted molar refractivity (Wildman–Crippen MR) is 79.3 cm³/mol. The number of nitrogen functional groups attached to an aromatic ring is 1. The zero-order valence-corrected chi connectivity index (χ0v) is 12.9. The van der Waals surface area contributed by atoms with Crippen molar-refractivity contribution >= 4 is 21.7 Å². The fraction of sp³-hybridized carbons (Fsp3) is 0.500. The Morgan fingerprint density at radius 3 is 2.67 bits per heavy atom. The van der Waals surface area contributed by atoms with Crippen molar-refractivity contribution in [3.05, 3.63) is 23.8 Å². The molecule has 116 valence electrons. The summed E-state index contributed by atoms with van der Waals surface area (Å²) in [6.07, 6.45) is 3.17. The summed E-state index contributed by atoms with van der Waals surface area (Å²) >= 11 is 0. The molecule has 0 aliphatic heterocycles. The second-order valence-electron chi connectivity index (χ2n) is 5.45. The first-order chi connectivity index (χ1) is 9.83. The number of ether oxygens (including phenoxy) is 1. The van der Waals surface area contributed by atoms with Crippen LogP contribution in [-0.4, -0.2) is 27.5 Å². The highest BCUT2D eigenvalue weighted by atomic mass is 32.2. The average Bonchev–Trinajstić information content (AvgIpc) is 3.20. The third-order valence-electron chi connectivity index (χ3n) is 3.46. The van der Waals surface area contributed by atoms with Gasteiger partial charge in [-0.1, -0.05) is 12.8 Å². The standard InChI is InChI=1S/C14H20N2O4S/c1-9(7-10-3-4-10)16-21(18,19)13-6-5-11(8-12(13)15)14(17)20-2/h5-6,8-10,16H,3-4,7,15H2,1-2H3. The molecule has 0 aromatic heterocycles. The van der Waals surface area contributed by atoms with Crippen molar-refractivity contribution in [3.8, 4) is 0 Å². The molecule has 0 saturated heterocycles. The lowest BCUT2D eigenvalue weighted by Crippen LogP contribution is -2.33. The second kappa shape index (κ2) is 6.03. The Balaban J connectivity index is 2.17. The Hall–Kier alpha value is -1.60. The summed E-state index contributed by atoms with van der Waals surface area (Å²) in [7, 11) is -2.43. The average molecular weight is 312 g/mol. The number of nitrogens with one attached hydrogen (secondary N) is 1. The van der Waals surface area contributed by atoms with Crippen molar-refractivity contribution in [1.82, 2.24) is 4.72 Å². The largest absolute Gasteiger partial charge is 0.465 e. The van der Waals surface area contributed by atoms with Gasteiger partial charge >= 0.3 is 5.97 Å². The summed E-state index contributed by atoms with van der Waals surface area (Å²) in [5, 5.41) is 0. The second-order valence-corrected chi connectivity index (χ2v) is 7.13. The SMILES string of the molecule is COC(=O)c1ccc(S(=O)(=O)NC(C)CC2CC2)c(N)c1. The Morgan fingerprint density at radius 2 is 2.14 bits per heavy atom. The number of carbonyl (C=O) groups is 1. The molecule has 21 heavy (non-hydrogen) atoms. The molecule has 3 N–H and O–H groups in total. The van der Waals surface area contributed by atoms with Gasteiger partial charge in [-0.15, -0.1) is 0 Å². The quantitative estimate of drug-likeness (QED) is 0.613. The van der Waals surface area contributed by atoms with Gasteiger partial charge in [-0.05, 0) is 37.5 Å². The van der Waals surface area contributed by atoms with E-state index in [1.165, 1.54) is 38.2 Å². The zero-order valence-electron chi connectivity index (χ0n) is 12.1. The lowest BCUT2D eigenvalue weighted by molar-refractivity contribution is 0.0600. The number of nitrogens with two attached hydrogens (primary N) is 1. The molecule has 2 rings (SSSR count). The van der Waals surface area contributed by atoms with E-state index in [1.807, 2.05) is 6.92 Å². The molecule has 1 aromatic rings. The number of anilines is 1. The highest BCUT2D eigenvalue weighted by Gasteiger charge is 2.27. The number of carbonyl (C=O) groups excluding carboxylic acids is 1. The van der Waals surface area contributed by atoms with Crippen LogP contribution in [0.5, 0.6) is 0 Å². The number of hydrogen-bond acceptors (Lipinski definition) is 5. The molecule has 1 fully saturated rings. The fourth-order valence-electron chi connectivity index (χ4n) is 2.27. The topological polar surface area (TPSA) is 98.5 Å². The molecule has 1 unspecified atom stereocenters. The molecule has 1 atom stereocenters. The maximum absolute atomic E-state index is 12.3. The monoisotopic (exact) mass is 312 g/mol. The van der Waals surface area contributed by atoms with Gasteiger partial charge in [0.25, 0.3) is 0 Å². The third kappa shape index (κ3) is 3.95. The third-order valence-corrected chi connectivity index (χ3v) is 5.12. The van der Waals surface area contributed by atoms with E-state index in [4.69, 9.17) is 5.73 Å². The van der Waals surface area contributed by atoms with Gasteiger partial charge in [0.15, 0.2) is 0 Å². The molecule has 1 saturated carbocycles. The molecule has 0 heterocycles. The van der Waals surface area contributed by atoms with Gasteiger partial charge in [0.2, 0.25) is 10.0 Å². The summed E-state index contributed by atoms with van der Waals surface area (Å²) in [6.45, 7) is 1.84. The van der Waals surface area contributed by atoms with Crippen molar-refractivity contribution in [2.45, 2.75) is 37.1 Å². The first-order valence-electron chi connectivity index (χ1n) is 6.83. The van der Waals surface area contributed by atoms with E-state index in [0.717, 1.165) is 6.42 Å². The van der Waals surface area contributed by atoms with Gasteiger partial charge in [-0.3, -0.25) is 0 Å². The van der Waals surface area contributed by atoms with Crippen LogP contribution in [0.4, 0.5) is 5.69 Å². The van der Waals surface area contributed by atoms with Crippen LogP contribution in [0.1, 0.15) is 36.5 Å². The molecule has 1 aliphatic carbocycles. The number of esters is 1. The molecule has 0 spiro atoms. The van der Waals surface area contributed by atoms with E-state index in [-0.39, 0.29) is 22.2 Å². The van der Waals surface area contributed by atoms with Crippen LogP contribution < -0.4 is 10.5 Å². The molecule has 0 bridgehead atoms. The maximum atomic E-state index is 12.3. The Labute approximate surface area is 124 Å². The molecule has 6 nitrogen and oxygen atoms in total. The molecule has 7 heteroatoms. The summed E-state index contributed by atoms with van der Waals surface area (Å²) in [4.78, 5) is 11.4. The van der Waals surface area contributed by atoms with E-state index < -0.39 is 16.0 Å². The van der Waals surface area contributed by atoms with Crippen molar-refractivity contribution < 1.29 is 17.9 Å². The minimum atomic E-state index is -3.68. The van der Waals surface area contributed by atoms with Gasteiger partial charge in [-0.2, -0.15) is 0 Å². The molecule has 0 amide bonds. The minimum Gasteiger partial charge on any atom is -0.465 e. The molecule has 1 aromatic carbocycles. The zero-order chi connectivity index (χ0) is 15.6. The van der Waals surface area contributed by atoms with Gasteiger partial charge in [0, 0.05) is 6.04 Å². The van der Waals surface area contributed by atoms with E-state index in [0.29, 0.717) is 5.92 Å². The van der Waals surface area contributed by atoms with Gasteiger partial charge in [-0.25, -0.2) is 17.9 Å². The summed E-state index contributed by atoms with van der Waals surface area (Å²) in [5.74, 6) is 0.0717. The van der Waals surface area contributed by atoms with Crippen molar-refractivity contribution in [1.29, 1.82) is 0 Å². The van der Waals surface area contributed by atoms with Gasteiger partial charge < -0.3 is 10.5 Å². The Bertz CT molecular complexity index is 638. The van der Waals surface area contributed by atoms with E-state index in [2.05, 4.69) is 9.46 Å². The summed E-state index contributed by atoms with van der Waals surface area (Å²) in [6, 6.07) is 3.89. The fourth-order valence-corrected chi connectivity index (χ4v) is 3.64. The number of methoxy groups -OCH3 is 1. The first kappa shape index (κ1) is 15.8. The van der Waals surface area contributed by atoms with E-state index in [1.54, 1.807) is 0 Å². The van der Waals surface area contributed by atoms with Gasteiger partial charge in [0.05, 0.1) is 18.4 Å². The van der Waals surface area contributed by atoms with Crippen LogP contribution >= 0.6 is 0 Å². The van der Waals surface area contributed by atoms with Crippen LogP contribution in [0.25, 0.3) is 0 Å². The normalized spacial score (nSPS) is 16.5. The Kier molecular flexibility index (Phi) is 4.53. The van der Waals surface area contributed by atoms with Crippen LogP contribution in [0.2, 0.25) is 0 Å². The predicted octanol–water partition coefficient (Wildman–Crippen LogP) is 1.52. The number of benzene rings is 1. The number of rotatable bonds is 6. The highest BCUT2D eigenvalue weighted by molar-refractivity contribution is 7.89. The van der Waals surface area contributed by atoms with Crippen LogP contribution in [-0.2, 0) is 14.8 Å². The van der Waals surface area contributed by atoms with Crippen LogP contribution in [0, 0.1) is 5.92 Å². The minimum absolute atomic E-state index is 0.0159. The van der Waals surface area contributed by atoms with Crippen LogP contribution in [0.15, 0.2) is 23.1 Å². The summed E-state index contributed by atoms with van der Waals surface area (Å²) < 4.78 is 31.8. The molecular formula is C14H20N2O4S. The lowest BCUT2D eigenvalue weighted by Gasteiger charge is -2.15. The van der Waals surface area contributed by atoms with Crippen molar-refractivity contribution in [2.75, 3.05) is 12.8 Å². The smallest absolute Gasteiger partial charge is 0.337 e. The van der Waals surface area contributed by atoms with Gasteiger partial charge in [0.1, 0.15) is 4.90 Å².